The number of imidazole rings is 1. The molecule has 0 aliphatic carbocycles. The van der Waals surface area contributed by atoms with Gasteiger partial charge < -0.3 is 9.80 Å². The number of carbonyl (C=O) groups excluding carboxylic acids is 1. The van der Waals surface area contributed by atoms with Crippen LogP contribution in [0.3, 0.4) is 0 Å². The second kappa shape index (κ2) is 8.17. The average Bonchev–Trinajstić information content (AvgIpc) is 3.09. The molecule has 1 aromatic carbocycles. The highest BCUT2D eigenvalue weighted by Crippen LogP contribution is 2.19. The molecule has 2 aromatic heterocycles. The summed E-state index contributed by atoms with van der Waals surface area (Å²) in [7, 11) is 0. The molecule has 1 aliphatic heterocycles. The lowest BCUT2D eigenvalue weighted by Crippen LogP contribution is -2.49. The lowest BCUT2D eigenvalue weighted by molar-refractivity contribution is -0.130. The van der Waals surface area contributed by atoms with Crippen molar-refractivity contribution in [2.75, 3.05) is 31.1 Å². The Morgan fingerprint density at radius 1 is 1.00 bits per heavy atom. The lowest BCUT2D eigenvalue weighted by Gasteiger charge is -2.35. The van der Waals surface area contributed by atoms with E-state index in [-0.39, 0.29) is 17.9 Å². The minimum atomic E-state index is -0.694. The number of nitrogens with zero attached hydrogens (tertiary/aromatic N) is 6. The summed E-state index contributed by atoms with van der Waals surface area (Å²) >= 11 is 0. The maximum atomic E-state index is 13.8. The summed E-state index contributed by atoms with van der Waals surface area (Å²) in [5, 5.41) is 0. The van der Waals surface area contributed by atoms with Crippen molar-refractivity contribution < 1.29 is 13.6 Å². The van der Waals surface area contributed by atoms with Crippen LogP contribution < -0.4 is 4.90 Å². The van der Waals surface area contributed by atoms with Crippen molar-refractivity contribution in [1.29, 1.82) is 0 Å². The number of piperazine rings is 1. The fourth-order valence-corrected chi connectivity index (χ4v) is 3.50. The molecule has 0 atom stereocenters. The number of hydrogen-bond donors (Lipinski definition) is 0. The first kappa shape index (κ1) is 19.9. The van der Waals surface area contributed by atoms with E-state index in [9.17, 15) is 13.6 Å². The van der Waals surface area contributed by atoms with Crippen LogP contribution in [-0.2, 0) is 11.2 Å². The topological polar surface area (TPSA) is 67.2 Å². The number of carbonyl (C=O) groups is 1. The van der Waals surface area contributed by atoms with Gasteiger partial charge in [-0.15, -0.1) is 0 Å². The van der Waals surface area contributed by atoms with Gasteiger partial charge in [0.1, 0.15) is 35.9 Å². The summed E-state index contributed by atoms with van der Waals surface area (Å²) in [6.07, 6.45) is 3.18. The molecule has 0 unspecified atom stereocenters. The van der Waals surface area contributed by atoms with Gasteiger partial charge in [0.2, 0.25) is 5.91 Å². The third-order valence-electron chi connectivity index (χ3n) is 5.45. The molecule has 0 N–H and O–H groups in total. The minimum Gasteiger partial charge on any atom is -0.353 e. The van der Waals surface area contributed by atoms with Crippen molar-refractivity contribution in [3.63, 3.8) is 0 Å². The van der Waals surface area contributed by atoms with Crippen LogP contribution in [0, 0.1) is 25.5 Å². The van der Waals surface area contributed by atoms with Crippen LogP contribution >= 0.6 is 0 Å². The summed E-state index contributed by atoms with van der Waals surface area (Å²) in [6, 6.07) is 5.19. The molecule has 0 bridgehead atoms. The molecule has 0 saturated carbocycles. The van der Waals surface area contributed by atoms with Gasteiger partial charge in [-0.25, -0.2) is 23.7 Å². The largest absolute Gasteiger partial charge is 0.353 e. The molecule has 1 amide bonds. The molecule has 4 rings (SSSR count). The molecule has 0 radical (unpaired) electrons. The molecule has 1 aliphatic rings. The Balaban J connectivity index is 1.40. The van der Waals surface area contributed by atoms with Gasteiger partial charge in [-0.05, 0) is 25.5 Å². The van der Waals surface area contributed by atoms with Crippen molar-refractivity contribution in [3.8, 4) is 5.82 Å². The van der Waals surface area contributed by atoms with Crippen LogP contribution in [0.1, 0.15) is 17.0 Å². The van der Waals surface area contributed by atoms with Gasteiger partial charge in [0.15, 0.2) is 0 Å². The summed E-state index contributed by atoms with van der Waals surface area (Å²) in [5.41, 5.74) is 2.17. The maximum Gasteiger partial charge on any atom is 0.227 e. The highest BCUT2D eigenvalue weighted by atomic mass is 19.1. The molecule has 3 aromatic rings. The van der Waals surface area contributed by atoms with Gasteiger partial charge in [-0.1, -0.05) is 6.07 Å². The molecule has 156 valence electrons. The summed E-state index contributed by atoms with van der Waals surface area (Å²) in [6.45, 7) is 6.15. The van der Waals surface area contributed by atoms with Crippen LogP contribution in [0.5, 0.6) is 0 Å². The highest BCUT2D eigenvalue weighted by molar-refractivity contribution is 5.79. The predicted octanol–water partition coefficient (Wildman–Crippen LogP) is 2.45. The number of aromatic nitrogens is 4. The Morgan fingerprint density at radius 2 is 1.73 bits per heavy atom. The van der Waals surface area contributed by atoms with Crippen LogP contribution in [-0.4, -0.2) is 56.5 Å². The first-order valence-corrected chi connectivity index (χ1v) is 9.72. The fraction of sp³-hybridized carbons (Fsp3) is 0.333. The minimum absolute atomic E-state index is 0.0803. The van der Waals surface area contributed by atoms with E-state index in [1.54, 1.807) is 11.2 Å². The summed E-state index contributed by atoms with van der Waals surface area (Å²) in [4.78, 5) is 29.4. The Labute approximate surface area is 173 Å². The smallest absolute Gasteiger partial charge is 0.227 e. The van der Waals surface area contributed by atoms with E-state index in [4.69, 9.17) is 0 Å². The van der Waals surface area contributed by atoms with E-state index in [0.29, 0.717) is 26.2 Å². The third kappa shape index (κ3) is 4.00. The van der Waals surface area contributed by atoms with E-state index >= 15 is 0 Å². The number of aryl methyl sites for hydroxylation is 1. The van der Waals surface area contributed by atoms with E-state index in [1.807, 2.05) is 24.5 Å². The first-order chi connectivity index (χ1) is 14.4. The normalized spacial score (nSPS) is 14.3. The second-order valence-corrected chi connectivity index (χ2v) is 7.30. The van der Waals surface area contributed by atoms with Gasteiger partial charge in [-0.3, -0.25) is 9.36 Å². The van der Waals surface area contributed by atoms with Crippen molar-refractivity contribution in [3.05, 3.63) is 65.5 Å². The summed E-state index contributed by atoms with van der Waals surface area (Å²) < 4.78 is 28.8. The van der Waals surface area contributed by atoms with Crippen molar-refractivity contribution in [2.24, 2.45) is 0 Å². The Kier molecular flexibility index (Phi) is 5.43. The van der Waals surface area contributed by atoms with Gasteiger partial charge in [0.05, 0.1) is 12.1 Å². The number of amides is 1. The molecule has 0 spiro atoms. The molecule has 9 heteroatoms. The van der Waals surface area contributed by atoms with Gasteiger partial charge >= 0.3 is 0 Å². The number of halogens is 2. The van der Waals surface area contributed by atoms with Crippen LogP contribution in [0.4, 0.5) is 14.6 Å². The zero-order valence-corrected chi connectivity index (χ0v) is 16.8. The Morgan fingerprint density at radius 3 is 2.40 bits per heavy atom. The molecule has 1 fully saturated rings. The molecule has 3 heterocycles. The molecular weight excluding hydrogens is 390 g/mol. The van der Waals surface area contributed by atoms with E-state index in [0.717, 1.165) is 29.1 Å². The van der Waals surface area contributed by atoms with E-state index < -0.39 is 11.6 Å². The zero-order chi connectivity index (χ0) is 21.3. The second-order valence-electron chi connectivity index (χ2n) is 7.30. The monoisotopic (exact) mass is 412 g/mol. The van der Waals surface area contributed by atoms with Crippen LogP contribution in [0.15, 0.2) is 36.9 Å². The zero-order valence-electron chi connectivity index (χ0n) is 16.8. The molecule has 1 saturated heterocycles. The highest BCUT2D eigenvalue weighted by Gasteiger charge is 2.23. The number of benzene rings is 1. The Bertz CT molecular complexity index is 1080. The van der Waals surface area contributed by atoms with Crippen molar-refractivity contribution >= 4 is 11.7 Å². The lowest BCUT2D eigenvalue weighted by atomic mass is 10.1. The van der Waals surface area contributed by atoms with Gasteiger partial charge in [0, 0.05) is 44.0 Å². The van der Waals surface area contributed by atoms with Crippen molar-refractivity contribution in [1.82, 2.24) is 24.4 Å². The Hall–Kier alpha value is -3.36. The van der Waals surface area contributed by atoms with Crippen molar-refractivity contribution in [2.45, 2.75) is 20.3 Å². The first-order valence-electron chi connectivity index (χ1n) is 9.72. The van der Waals surface area contributed by atoms with Gasteiger partial charge in [0.25, 0.3) is 0 Å². The average molecular weight is 412 g/mol. The number of rotatable bonds is 4. The van der Waals surface area contributed by atoms with E-state index in [1.165, 1.54) is 18.5 Å². The SMILES string of the molecule is Cc1ncn(-c2cc(N3CCN(C(=O)Cc4ccc(F)cc4F)CC3)ncn2)c1C. The number of hydrogen-bond acceptors (Lipinski definition) is 5. The third-order valence-corrected chi connectivity index (χ3v) is 5.45. The van der Waals surface area contributed by atoms with E-state index in [2.05, 4.69) is 19.9 Å². The number of anilines is 1. The predicted molar refractivity (Wildman–Crippen MR) is 107 cm³/mol. The molecular formula is C21H22F2N6O. The fourth-order valence-electron chi connectivity index (χ4n) is 3.50. The van der Waals surface area contributed by atoms with Crippen LogP contribution in [0.25, 0.3) is 5.82 Å². The molecule has 7 nitrogen and oxygen atoms in total. The summed E-state index contributed by atoms with van der Waals surface area (Å²) in [5.74, 6) is 0.00184. The maximum absolute atomic E-state index is 13.8. The molecule has 30 heavy (non-hydrogen) atoms. The standard InChI is InChI=1S/C21H22F2N6O/c1-14-15(2)29(13-26-14)20-11-19(24-12-25-20)27-5-7-28(8-6-27)21(30)9-16-3-4-17(22)10-18(16)23/h3-4,10-13H,5-9H2,1-2H3. The quantitative estimate of drug-likeness (QED) is 0.659. The van der Waals surface area contributed by atoms with Crippen LogP contribution in [0.2, 0.25) is 0 Å². The van der Waals surface area contributed by atoms with Gasteiger partial charge in [-0.2, -0.15) is 0 Å².